The van der Waals surface area contributed by atoms with Crippen LogP contribution in [-0.4, -0.2) is 6.54 Å². The fourth-order valence-electron chi connectivity index (χ4n) is 1.54. The Bertz CT molecular complexity index is 299. The van der Waals surface area contributed by atoms with E-state index in [0.29, 0.717) is 0 Å². The van der Waals surface area contributed by atoms with Crippen molar-refractivity contribution in [2.24, 2.45) is 5.73 Å². The molecule has 0 aliphatic carbocycles. The third-order valence-corrected chi connectivity index (χ3v) is 2.42. The van der Waals surface area contributed by atoms with Gasteiger partial charge in [-0.05, 0) is 23.3 Å². The van der Waals surface area contributed by atoms with Crippen LogP contribution < -0.4 is 11.1 Å². The summed E-state index contributed by atoms with van der Waals surface area (Å²) < 4.78 is 0. The lowest BCUT2D eigenvalue weighted by molar-refractivity contribution is 0.555. The van der Waals surface area contributed by atoms with Crippen LogP contribution in [0.15, 0.2) is 18.2 Å². The summed E-state index contributed by atoms with van der Waals surface area (Å²) in [5.74, 6) is 0. The molecule has 1 unspecified atom stereocenters. The monoisotopic (exact) mass is 182 g/mol. The summed E-state index contributed by atoms with van der Waals surface area (Å²) in [4.78, 5) is 0. The van der Waals surface area contributed by atoms with Gasteiger partial charge in [0.2, 0.25) is 0 Å². The molecule has 0 saturated heterocycles. The molecule has 3 N–H and O–H groups in total. The van der Waals surface area contributed by atoms with Crippen molar-refractivity contribution in [3.8, 4) is 0 Å². The van der Waals surface area contributed by atoms with E-state index in [0.717, 1.165) is 18.1 Å². The first-order valence-electron chi connectivity index (χ1n) is 4.02. The van der Waals surface area contributed by atoms with Gasteiger partial charge in [-0.25, -0.2) is 0 Å². The smallest absolute Gasteiger partial charge is 0.0425 e. The number of hydrogen-bond donors (Lipinski definition) is 2. The van der Waals surface area contributed by atoms with Crippen molar-refractivity contribution < 1.29 is 0 Å². The summed E-state index contributed by atoms with van der Waals surface area (Å²) in [5, 5.41) is 4.01. The second-order valence-corrected chi connectivity index (χ2v) is 3.52. The first-order valence-corrected chi connectivity index (χ1v) is 4.40. The van der Waals surface area contributed by atoms with Crippen molar-refractivity contribution in [3.05, 3.63) is 34.3 Å². The van der Waals surface area contributed by atoms with Crippen molar-refractivity contribution in [1.29, 1.82) is 0 Å². The third kappa shape index (κ3) is 1.33. The lowest BCUT2D eigenvalue weighted by Gasteiger charge is -2.23. The van der Waals surface area contributed by atoms with Crippen molar-refractivity contribution in [3.63, 3.8) is 0 Å². The SMILES string of the molecule is NC1CNCc2ccc(Cl)cc21. The van der Waals surface area contributed by atoms with Gasteiger partial charge in [0, 0.05) is 24.2 Å². The Morgan fingerprint density at radius 3 is 3.17 bits per heavy atom. The molecule has 0 bridgehead atoms. The van der Waals surface area contributed by atoms with Crippen molar-refractivity contribution in [2.75, 3.05) is 6.54 Å². The molecule has 2 nitrogen and oxygen atoms in total. The molecule has 1 aromatic rings. The Morgan fingerprint density at radius 2 is 2.33 bits per heavy atom. The van der Waals surface area contributed by atoms with Gasteiger partial charge in [-0.3, -0.25) is 0 Å². The summed E-state index contributed by atoms with van der Waals surface area (Å²) in [5.41, 5.74) is 8.34. The fraction of sp³-hybridized carbons (Fsp3) is 0.333. The van der Waals surface area contributed by atoms with E-state index >= 15 is 0 Å². The average molecular weight is 183 g/mol. The lowest BCUT2D eigenvalue weighted by Crippen LogP contribution is -2.32. The molecule has 0 amide bonds. The third-order valence-electron chi connectivity index (χ3n) is 2.19. The highest BCUT2D eigenvalue weighted by Gasteiger charge is 2.15. The predicted octanol–water partition coefficient (Wildman–Crippen LogP) is 1.44. The Labute approximate surface area is 76.7 Å². The van der Waals surface area contributed by atoms with E-state index in [-0.39, 0.29) is 6.04 Å². The van der Waals surface area contributed by atoms with Gasteiger partial charge in [0.15, 0.2) is 0 Å². The molecule has 0 fully saturated rings. The largest absolute Gasteiger partial charge is 0.323 e. The summed E-state index contributed by atoms with van der Waals surface area (Å²) >= 11 is 5.87. The zero-order valence-corrected chi connectivity index (χ0v) is 7.43. The average Bonchev–Trinajstić information content (AvgIpc) is 2.07. The first-order chi connectivity index (χ1) is 5.77. The second-order valence-electron chi connectivity index (χ2n) is 3.08. The van der Waals surface area contributed by atoms with Gasteiger partial charge < -0.3 is 11.1 Å². The summed E-state index contributed by atoms with van der Waals surface area (Å²) in [6.07, 6.45) is 0. The van der Waals surface area contributed by atoms with Gasteiger partial charge in [0.25, 0.3) is 0 Å². The van der Waals surface area contributed by atoms with Gasteiger partial charge in [0.1, 0.15) is 0 Å². The van der Waals surface area contributed by atoms with Crippen LogP contribution in [0, 0.1) is 0 Å². The van der Waals surface area contributed by atoms with Gasteiger partial charge in [-0.1, -0.05) is 17.7 Å². The highest BCUT2D eigenvalue weighted by atomic mass is 35.5. The highest BCUT2D eigenvalue weighted by Crippen LogP contribution is 2.23. The molecule has 1 aromatic carbocycles. The normalized spacial score (nSPS) is 22.0. The number of nitrogens with two attached hydrogens (primary N) is 1. The van der Waals surface area contributed by atoms with Crippen LogP contribution in [0.2, 0.25) is 5.02 Å². The van der Waals surface area contributed by atoms with E-state index in [2.05, 4.69) is 5.32 Å². The minimum Gasteiger partial charge on any atom is -0.323 e. The Morgan fingerprint density at radius 1 is 1.50 bits per heavy atom. The quantitative estimate of drug-likeness (QED) is 0.638. The standard InChI is InChI=1S/C9H11ClN2/c10-7-2-1-6-4-12-5-9(11)8(6)3-7/h1-3,9,12H,4-5,11H2. The van der Waals surface area contributed by atoms with E-state index in [1.54, 1.807) is 0 Å². The molecular formula is C9H11ClN2. The molecule has 1 atom stereocenters. The van der Waals surface area contributed by atoms with Gasteiger partial charge >= 0.3 is 0 Å². The van der Waals surface area contributed by atoms with Crippen molar-refractivity contribution in [1.82, 2.24) is 5.32 Å². The molecule has 1 aliphatic heterocycles. The topological polar surface area (TPSA) is 38.0 Å². The molecule has 1 heterocycles. The maximum Gasteiger partial charge on any atom is 0.0425 e. The van der Waals surface area contributed by atoms with Crippen LogP contribution in [0.25, 0.3) is 0 Å². The van der Waals surface area contributed by atoms with Crippen LogP contribution >= 0.6 is 11.6 Å². The number of benzene rings is 1. The lowest BCUT2D eigenvalue weighted by atomic mass is 9.98. The first kappa shape index (κ1) is 8.05. The maximum absolute atomic E-state index is 5.89. The van der Waals surface area contributed by atoms with Crippen molar-refractivity contribution in [2.45, 2.75) is 12.6 Å². The van der Waals surface area contributed by atoms with E-state index in [1.807, 2.05) is 18.2 Å². The number of hydrogen-bond acceptors (Lipinski definition) is 2. The van der Waals surface area contributed by atoms with E-state index in [1.165, 1.54) is 11.1 Å². The number of fused-ring (bicyclic) bond motifs is 1. The molecule has 0 aromatic heterocycles. The van der Waals surface area contributed by atoms with Crippen LogP contribution in [0.1, 0.15) is 17.2 Å². The Hall–Kier alpha value is -0.570. The van der Waals surface area contributed by atoms with Gasteiger partial charge in [-0.15, -0.1) is 0 Å². The van der Waals surface area contributed by atoms with Crippen LogP contribution in [-0.2, 0) is 6.54 Å². The fourth-order valence-corrected chi connectivity index (χ4v) is 1.72. The summed E-state index contributed by atoms with van der Waals surface area (Å²) in [6, 6.07) is 5.99. The van der Waals surface area contributed by atoms with E-state index in [4.69, 9.17) is 17.3 Å². The molecule has 1 aliphatic rings. The van der Waals surface area contributed by atoms with Crippen LogP contribution in [0.4, 0.5) is 0 Å². The minimum atomic E-state index is 0.0902. The summed E-state index contributed by atoms with van der Waals surface area (Å²) in [7, 11) is 0. The van der Waals surface area contributed by atoms with Crippen LogP contribution in [0.5, 0.6) is 0 Å². The molecule has 0 spiro atoms. The zero-order chi connectivity index (χ0) is 8.55. The summed E-state index contributed by atoms with van der Waals surface area (Å²) in [6.45, 7) is 1.74. The second kappa shape index (κ2) is 3.05. The maximum atomic E-state index is 5.89. The minimum absolute atomic E-state index is 0.0902. The molecule has 0 saturated carbocycles. The molecule has 0 radical (unpaired) electrons. The molecule has 64 valence electrons. The molecule has 3 heteroatoms. The molecule has 12 heavy (non-hydrogen) atoms. The van der Waals surface area contributed by atoms with Gasteiger partial charge in [-0.2, -0.15) is 0 Å². The molecule has 2 rings (SSSR count). The highest BCUT2D eigenvalue weighted by molar-refractivity contribution is 6.30. The molecular weight excluding hydrogens is 172 g/mol. The number of nitrogens with one attached hydrogen (secondary N) is 1. The van der Waals surface area contributed by atoms with Crippen molar-refractivity contribution >= 4 is 11.6 Å². The zero-order valence-electron chi connectivity index (χ0n) is 6.68. The van der Waals surface area contributed by atoms with E-state index in [9.17, 15) is 0 Å². The Balaban J connectivity index is 2.47. The Kier molecular flexibility index (Phi) is 2.05. The number of rotatable bonds is 0. The number of halogens is 1. The predicted molar refractivity (Wildman–Crippen MR) is 50.1 cm³/mol. The van der Waals surface area contributed by atoms with Crippen LogP contribution in [0.3, 0.4) is 0 Å². The van der Waals surface area contributed by atoms with E-state index < -0.39 is 0 Å². The van der Waals surface area contributed by atoms with Gasteiger partial charge in [0.05, 0.1) is 0 Å².